The van der Waals surface area contributed by atoms with Gasteiger partial charge in [-0.25, -0.2) is 13.8 Å². The van der Waals surface area contributed by atoms with Crippen molar-refractivity contribution in [3.05, 3.63) is 22.7 Å². The standard InChI is InChI=1S/C6H4ClF3N2/c7-3-2(5(8)9)1-12-6(10)4(3)11/h1,5H,11H2. The first-order valence-electron chi connectivity index (χ1n) is 2.91. The monoisotopic (exact) mass is 196 g/mol. The maximum absolute atomic E-state index is 12.5. The third-order valence-corrected chi connectivity index (χ3v) is 1.69. The van der Waals surface area contributed by atoms with E-state index in [1.165, 1.54) is 0 Å². The van der Waals surface area contributed by atoms with Gasteiger partial charge in [-0.05, 0) is 0 Å². The van der Waals surface area contributed by atoms with E-state index in [0.29, 0.717) is 6.20 Å². The number of hydrogen-bond donors (Lipinski definition) is 1. The zero-order valence-corrected chi connectivity index (χ0v) is 6.45. The van der Waals surface area contributed by atoms with Crippen LogP contribution in [0.5, 0.6) is 0 Å². The Morgan fingerprint density at radius 3 is 2.58 bits per heavy atom. The number of anilines is 1. The minimum absolute atomic E-state index is 0.475. The molecule has 0 saturated carbocycles. The minimum Gasteiger partial charge on any atom is -0.394 e. The summed E-state index contributed by atoms with van der Waals surface area (Å²) >= 11 is 5.31. The number of nitrogen functional groups attached to an aromatic ring is 1. The van der Waals surface area contributed by atoms with Crippen LogP contribution in [0.25, 0.3) is 0 Å². The van der Waals surface area contributed by atoms with E-state index in [0.717, 1.165) is 0 Å². The van der Waals surface area contributed by atoms with E-state index in [4.69, 9.17) is 17.3 Å². The van der Waals surface area contributed by atoms with Crippen LogP contribution in [0.4, 0.5) is 18.9 Å². The fourth-order valence-electron chi connectivity index (χ4n) is 0.651. The molecular formula is C6H4ClF3N2. The van der Waals surface area contributed by atoms with Crippen LogP contribution in [-0.4, -0.2) is 4.98 Å². The minimum atomic E-state index is -2.80. The first-order chi connectivity index (χ1) is 5.54. The molecule has 0 bridgehead atoms. The molecule has 12 heavy (non-hydrogen) atoms. The number of nitrogens with two attached hydrogens (primary N) is 1. The lowest BCUT2D eigenvalue weighted by Crippen LogP contribution is -1.99. The Kier molecular flexibility index (Phi) is 2.42. The summed E-state index contributed by atoms with van der Waals surface area (Å²) in [6.45, 7) is 0. The van der Waals surface area contributed by atoms with E-state index in [-0.39, 0.29) is 0 Å². The lowest BCUT2D eigenvalue weighted by Gasteiger charge is -2.04. The van der Waals surface area contributed by atoms with Crippen molar-refractivity contribution in [3.63, 3.8) is 0 Å². The van der Waals surface area contributed by atoms with Gasteiger partial charge in [-0.3, -0.25) is 0 Å². The summed E-state index contributed by atoms with van der Waals surface area (Å²) in [5, 5.41) is -0.475. The van der Waals surface area contributed by atoms with Gasteiger partial charge in [0, 0.05) is 6.20 Å². The normalized spacial score (nSPS) is 10.8. The van der Waals surface area contributed by atoms with Gasteiger partial charge in [0.1, 0.15) is 5.69 Å². The molecule has 1 aromatic rings. The summed E-state index contributed by atoms with van der Waals surface area (Å²) in [5.41, 5.74) is 3.91. The average Bonchev–Trinajstić information content (AvgIpc) is 2.00. The van der Waals surface area contributed by atoms with Crippen LogP contribution in [0.3, 0.4) is 0 Å². The SMILES string of the molecule is Nc1c(F)ncc(C(F)F)c1Cl. The molecule has 1 aromatic heterocycles. The molecule has 6 heteroatoms. The molecule has 2 N–H and O–H groups in total. The zero-order chi connectivity index (χ0) is 9.30. The van der Waals surface area contributed by atoms with E-state index in [9.17, 15) is 13.2 Å². The van der Waals surface area contributed by atoms with E-state index < -0.39 is 28.6 Å². The number of pyridine rings is 1. The number of alkyl halides is 2. The van der Waals surface area contributed by atoms with Crippen LogP contribution < -0.4 is 5.73 Å². The molecule has 66 valence electrons. The Bertz CT molecular complexity index is 303. The van der Waals surface area contributed by atoms with Gasteiger partial charge >= 0.3 is 0 Å². The first-order valence-corrected chi connectivity index (χ1v) is 3.29. The van der Waals surface area contributed by atoms with Gasteiger partial charge in [0.05, 0.1) is 10.6 Å². The van der Waals surface area contributed by atoms with E-state index in [1.54, 1.807) is 0 Å². The molecule has 0 fully saturated rings. The van der Waals surface area contributed by atoms with Gasteiger partial charge in [0.15, 0.2) is 0 Å². The predicted octanol–water partition coefficient (Wildman–Crippen LogP) is 2.39. The molecule has 2 nitrogen and oxygen atoms in total. The van der Waals surface area contributed by atoms with Crippen LogP contribution in [0.1, 0.15) is 12.0 Å². The van der Waals surface area contributed by atoms with Gasteiger partial charge < -0.3 is 5.73 Å². The maximum atomic E-state index is 12.5. The molecule has 0 unspecified atom stereocenters. The largest absolute Gasteiger partial charge is 0.394 e. The molecule has 1 heterocycles. The lowest BCUT2D eigenvalue weighted by atomic mass is 10.3. The Morgan fingerprint density at radius 1 is 1.50 bits per heavy atom. The van der Waals surface area contributed by atoms with Crippen molar-refractivity contribution >= 4 is 17.3 Å². The Hall–Kier alpha value is -0.970. The molecule has 0 aromatic carbocycles. The molecule has 0 aliphatic rings. The second-order valence-corrected chi connectivity index (χ2v) is 2.41. The van der Waals surface area contributed by atoms with Crippen LogP contribution >= 0.6 is 11.6 Å². The molecule has 0 atom stereocenters. The molecule has 0 amide bonds. The van der Waals surface area contributed by atoms with Crippen molar-refractivity contribution in [1.82, 2.24) is 4.98 Å². The fraction of sp³-hybridized carbons (Fsp3) is 0.167. The summed E-state index contributed by atoms with van der Waals surface area (Å²) in [6, 6.07) is 0. The third kappa shape index (κ3) is 1.45. The summed E-state index contributed by atoms with van der Waals surface area (Å²) in [6.07, 6.45) is -2.13. The number of nitrogens with zero attached hydrogens (tertiary/aromatic N) is 1. The Labute approximate surface area is 71.2 Å². The lowest BCUT2D eigenvalue weighted by molar-refractivity contribution is 0.151. The zero-order valence-electron chi connectivity index (χ0n) is 5.69. The van der Waals surface area contributed by atoms with Gasteiger partial charge in [0.2, 0.25) is 5.95 Å². The highest BCUT2D eigenvalue weighted by atomic mass is 35.5. The van der Waals surface area contributed by atoms with E-state index in [1.807, 2.05) is 0 Å². The smallest absolute Gasteiger partial charge is 0.266 e. The highest BCUT2D eigenvalue weighted by Crippen LogP contribution is 2.31. The summed E-state index contributed by atoms with van der Waals surface area (Å²) in [7, 11) is 0. The van der Waals surface area contributed by atoms with Crippen molar-refractivity contribution in [2.24, 2.45) is 0 Å². The van der Waals surface area contributed by atoms with Crippen molar-refractivity contribution < 1.29 is 13.2 Å². The highest BCUT2D eigenvalue weighted by Gasteiger charge is 2.16. The molecular weight excluding hydrogens is 193 g/mol. The number of halogens is 4. The van der Waals surface area contributed by atoms with Crippen LogP contribution in [-0.2, 0) is 0 Å². The molecule has 1 rings (SSSR count). The molecule has 0 aliphatic carbocycles. The van der Waals surface area contributed by atoms with Gasteiger partial charge in [-0.2, -0.15) is 4.39 Å². The van der Waals surface area contributed by atoms with Crippen LogP contribution in [0.2, 0.25) is 5.02 Å². The van der Waals surface area contributed by atoms with Crippen LogP contribution in [0.15, 0.2) is 6.20 Å². The van der Waals surface area contributed by atoms with Crippen molar-refractivity contribution in [2.75, 3.05) is 5.73 Å². The number of aromatic nitrogens is 1. The van der Waals surface area contributed by atoms with E-state index in [2.05, 4.69) is 4.98 Å². The summed E-state index contributed by atoms with van der Waals surface area (Å²) < 4.78 is 36.5. The van der Waals surface area contributed by atoms with E-state index >= 15 is 0 Å². The second-order valence-electron chi connectivity index (χ2n) is 2.03. The second kappa shape index (κ2) is 3.18. The molecule has 0 spiro atoms. The van der Waals surface area contributed by atoms with Gasteiger partial charge in [-0.1, -0.05) is 11.6 Å². The van der Waals surface area contributed by atoms with Crippen molar-refractivity contribution in [3.8, 4) is 0 Å². The molecule has 0 radical (unpaired) electrons. The van der Waals surface area contributed by atoms with Crippen molar-refractivity contribution in [2.45, 2.75) is 6.43 Å². The fourth-order valence-corrected chi connectivity index (χ4v) is 0.860. The maximum Gasteiger partial charge on any atom is 0.266 e. The number of rotatable bonds is 1. The number of hydrogen-bond acceptors (Lipinski definition) is 2. The Balaban J connectivity index is 3.27. The first kappa shape index (κ1) is 9.12. The predicted molar refractivity (Wildman–Crippen MR) is 38.6 cm³/mol. The summed E-state index contributed by atoms with van der Waals surface area (Å²) in [5.74, 6) is -1.04. The molecule has 0 aliphatic heterocycles. The van der Waals surface area contributed by atoms with Gasteiger partial charge in [0.25, 0.3) is 6.43 Å². The van der Waals surface area contributed by atoms with Crippen LogP contribution in [0, 0.1) is 5.95 Å². The quantitative estimate of drug-likeness (QED) is 0.701. The average molecular weight is 197 g/mol. The topological polar surface area (TPSA) is 38.9 Å². The van der Waals surface area contributed by atoms with Crippen molar-refractivity contribution in [1.29, 1.82) is 0 Å². The third-order valence-electron chi connectivity index (χ3n) is 1.26. The molecule has 0 saturated heterocycles. The summed E-state index contributed by atoms with van der Waals surface area (Å²) in [4.78, 5) is 3.00. The van der Waals surface area contributed by atoms with Gasteiger partial charge in [-0.15, -0.1) is 0 Å². The highest BCUT2D eigenvalue weighted by molar-refractivity contribution is 6.33. The Morgan fingerprint density at radius 2 is 2.08 bits per heavy atom.